The lowest BCUT2D eigenvalue weighted by atomic mass is 9.93. The minimum Gasteiger partial charge on any atom is -0.396 e. The maximum atomic E-state index is 9.18. The number of fused-ring (bicyclic) bond motifs is 1. The molecule has 1 fully saturated rings. The SMILES string of the molecule is CC(C)N1CCCC(Cc2nc3cccnc3n2CCCO)C1. The molecule has 2 aromatic heterocycles. The fourth-order valence-electron chi connectivity index (χ4n) is 3.62. The number of likely N-dealkylation sites (tertiary alicyclic amines) is 1. The molecule has 0 aliphatic carbocycles. The van der Waals surface area contributed by atoms with Gasteiger partial charge in [-0.2, -0.15) is 0 Å². The summed E-state index contributed by atoms with van der Waals surface area (Å²) in [6, 6.07) is 4.59. The number of rotatable bonds is 6. The highest BCUT2D eigenvalue weighted by atomic mass is 16.3. The highest BCUT2D eigenvalue weighted by Gasteiger charge is 2.24. The summed E-state index contributed by atoms with van der Waals surface area (Å²) in [5.74, 6) is 1.79. The molecule has 0 amide bonds. The number of imidazole rings is 1. The maximum absolute atomic E-state index is 9.18. The second-order valence-electron chi connectivity index (χ2n) is 6.90. The number of hydrogen-bond acceptors (Lipinski definition) is 4. The standard InChI is InChI=1S/C18H28N4O/c1-14(2)21-9-4-6-15(13-21)12-17-20-16-7-3-8-19-18(16)22(17)10-5-11-23/h3,7-8,14-15,23H,4-6,9-13H2,1-2H3. The lowest BCUT2D eigenvalue weighted by Crippen LogP contribution is -2.40. The van der Waals surface area contributed by atoms with Crippen molar-refractivity contribution in [1.82, 2.24) is 19.4 Å². The maximum Gasteiger partial charge on any atom is 0.159 e. The van der Waals surface area contributed by atoms with E-state index in [1.807, 2.05) is 18.3 Å². The number of piperidine rings is 1. The minimum atomic E-state index is 0.205. The zero-order valence-corrected chi connectivity index (χ0v) is 14.3. The van der Waals surface area contributed by atoms with Crippen LogP contribution < -0.4 is 0 Å². The van der Waals surface area contributed by atoms with Crippen LogP contribution in [0.5, 0.6) is 0 Å². The van der Waals surface area contributed by atoms with Crippen molar-refractivity contribution in [3.8, 4) is 0 Å². The van der Waals surface area contributed by atoms with Gasteiger partial charge in [-0.05, 0) is 57.7 Å². The molecule has 3 rings (SSSR count). The van der Waals surface area contributed by atoms with Crippen LogP contribution in [0.1, 0.15) is 38.9 Å². The molecule has 1 saturated heterocycles. The molecule has 2 aromatic rings. The average molecular weight is 316 g/mol. The lowest BCUT2D eigenvalue weighted by molar-refractivity contribution is 0.138. The molecule has 126 valence electrons. The molecule has 1 aliphatic heterocycles. The Morgan fingerprint density at radius 3 is 3.04 bits per heavy atom. The Hall–Kier alpha value is -1.46. The van der Waals surface area contributed by atoms with Gasteiger partial charge < -0.3 is 14.6 Å². The van der Waals surface area contributed by atoms with E-state index in [1.165, 1.54) is 19.4 Å². The van der Waals surface area contributed by atoms with E-state index < -0.39 is 0 Å². The molecule has 23 heavy (non-hydrogen) atoms. The first-order valence-corrected chi connectivity index (χ1v) is 8.84. The fraction of sp³-hybridized carbons (Fsp3) is 0.667. The van der Waals surface area contributed by atoms with E-state index >= 15 is 0 Å². The van der Waals surface area contributed by atoms with E-state index in [0.717, 1.165) is 42.9 Å². The highest BCUT2D eigenvalue weighted by Crippen LogP contribution is 2.24. The Kier molecular flexibility index (Phi) is 5.28. The Morgan fingerprint density at radius 1 is 1.39 bits per heavy atom. The Labute approximate surface area is 138 Å². The van der Waals surface area contributed by atoms with Crippen LogP contribution in [0.15, 0.2) is 18.3 Å². The van der Waals surface area contributed by atoms with Crippen LogP contribution in [-0.4, -0.2) is 50.3 Å². The zero-order valence-electron chi connectivity index (χ0n) is 14.3. The van der Waals surface area contributed by atoms with Gasteiger partial charge in [0.1, 0.15) is 11.3 Å². The number of aliphatic hydroxyl groups excluding tert-OH is 1. The molecule has 1 atom stereocenters. The summed E-state index contributed by atoms with van der Waals surface area (Å²) >= 11 is 0. The first kappa shape index (κ1) is 16.4. The van der Waals surface area contributed by atoms with Crippen LogP contribution in [0.25, 0.3) is 11.2 Å². The van der Waals surface area contributed by atoms with Crippen molar-refractivity contribution < 1.29 is 5.11 Å². The molecule has 5 heteroatoms. The predicted octanol–water partition coefficient (Wildman–Crippen LogP) is 2.48. The van der Waals surface area contributed by atoms with Crippen LogP contribution in [0.2, 0.25) is 0 Å². The molecule has 0 saturated carbocycles. The van der Waals surface area contributed by atoms with E-state index in [1.54, 1.807) is 0 Å². The van der Waals surface area contributed by atoms with Crippen molar-refractivity contribution in [2.24, 2.45) is 5.92 Å². The van der Waals surface area contributed by atoms with E-state index in [4.69, 9.17) is 4.98 Å². The minimum absolute atomic E-state index is 0.205. The largest absolute Gasteiger partial charge is 0.396 e. The van der Waals surface area contributed by atoms with Crippen molar-refractivity contribution in [1.29, 1.82) is 0 Å². The van der Waals surface area contributed by atoms with Crippen LogP contribution in [-0.2, 0) is 13.0 Å². The normalized spacial score (nSPS) is 19.7. The number of pyridine rings is 1. The van der Waals surface area contributed by atoms with Crippen LogP contribution in [0, 0.1) is 5.92 Å². The summed E-state index contributed by atoms with van der Waals surface area (Å²) < 4.78 is 2.21. The van der Waals surface area contributed by atoms with E-state index in [2.05, 4.69) is 28.3 Å². The number of aromatic nitrogens is 3. The molecule has 1 N–H and O–H groups in total. The van der Waals surface area contributed by atoms with Gasteiger partial charge in [0.05, 0.1) is 0 Å². The first-order chi connectivity index (χ1) is 11.2. The Bertz CT molecular complexity index is 637. The van der Waals surface area contributed by atoms with Crippen molar-refractivity contribution in [2.45, 2.75) is 52.1 Å². The van der Waals surface area contributed by atoms with Crippen LogP contribution in [0.4, 0.5) is 0 Å². The average Bonchev–Trinajstić information content (AvgIpc) is 2.90. The van der Waals surface area contributed by atoms with Crippen molar-refractivity contribution in [2.75, 3.05) is 19.7 Å². The van der Waals surface area contributed by atoms with Gasteiger partial charge >= 0.3 is 0 Å². The lowest BCUT2D eigenvalue weighted by Gasteiger charge is -2.35. The van der Waals surface area contributed by atoms with Gasteiger partial charge in [-0.25, -0.2) is 9.97 Å². The summed E-state index contributed by atoms with van der Waals surface area (Å²) in [5.41, 5.74) is 1.92. The Morgan fingerprint density at radius 2 is 2.26 bits per heavy atom. The molecule has 5 nitrogen and oxygen atoms in total. The Balaban J connectivity index is 1.81. The van der Waals surface area contributed by atoms with Gasteiger partial charge in [0, 0.05) is 38.4 Å². The summed E-state index contributed by atoms with van der Waals surface area (Å²) in [6.07, 6.45) is 6.13. The molecule has 0 bridgehead atoms. The summed E-state index contributed by atoms with van der Waals surface area (Å²) in [5, 5.41) is 9.18. The van der Waals surface area contributed by atoms with Crippen molar-refractivity contribution in [3.63, 3.8) is 0 Å². The third-order valence-corrected chi connectivity index (χ3v) is 4.87. The van der Waals surface area contributed by atoms with E-state index in [9.17, 15) is 5.11 Å². The highest BCUT2D eigenvalue weighted by molar-refractivity contribution is 5.71. The third kappa shape index (κ3) is 3.72. The first-order valence-electron chi connectivity index (χ1n) is 8.84. The topological polar surface area (TPSA) is 54.2 Å². The molecule has 1 aliphatic rings. The van der Waals surface area contributed by atoms with Gasteiger partial charge in [0.25, 0.3) is 0 Å². The smallest absolute Gasteiger partial charge is 0.159 e. The number of aliphatic hydroxyl groups is 1. The molecule has 0 radical (unpaired) electrons. The summed E-state index contributed by atoms with van der Waals surface area (Å²) in [7, 11) is 0. The van der Waals surface area contributed by atoms with Gasteiger partial charge in [-0.3, -0.25) is 0 Å². The van der Waals surface area contributed by atoms with Crippen LogP contribution >= 0.6 is 0 Å². The monoisotopic (exact) mass is 316 g/mol. The van der Waals surface area contributed by atoms with Gasteiger partial charge in [-0.1, -0.05) is 0 Å². The molecule has 3 heterocycles. The molecule has 0 spiro atoms. The quantitative estimate of drug-likeness (QED) is 0.889. The molecular weight excluding hydrogens is 288 g/mol. The van der Waals surface area contributed by atoms with Gasteiger partial charge in [0.2, 0.25) is 0 Å². The molecular formula is C18H28N4O. The van der Waals surface area contributed by atoms with Gasteiger partial charge in [0.15, 0.2) is 5.65 Å². The van der Waals surface area contributed by atoms with Crippen molar-refractivity contribution >= 4 is 11.2 Å². The van der Waals surface area contributed by atoms with Crippen molar-refractivity contribution in [3.05, 3.63) is 24.2 Å². The fourth-order valence-corrected chi connectivity index (χ4v) is 3.62. The number of hydrogen-bond donors (Lipinski definition) is 1. The number of aryl methyl sites for hydroxylation is 1. The third-order valence-electron chi connectivity index (χ3n) is 4.87. The zero-order chi connectivity index (χ0) is 16.2. The number of nitrogens with zero attached hydrogens (tertiary/aromatic N) is 4. The summed E-state index contributed by atoms with van der Waals surface area (Å²) in [4.78, 5) is 11.9. The predicted molar refractivity (Wildman–Crippen MR) is 92.4 cm³/mol. The summed E-state index contributed by atoms with van der Waals surface area (Å²) in [6.45, 7) is 7.94. The van der Waals surface area contributed by atoms with Crippen LogP contribution in [0.3, 0.4) is 0 Å². The molecule has 0 aromatic carbocycles. The van der Waals surface area contributed by atoms with E-state index in [0.29, 0.717) is 12.0 Å². The van der Waals surface area contributed by atoms with E-state index in [-0.39, 0.29) is 6.61 Å². The second kappa shape index (κ2) is 7.41. The second-order valence-corrected chi connectivity index (χ2v) is 6.90. The van der Waals surface area contributed by atoms with Gasteiger partial charge in [-0.15, -0.1) is 0 Å². The molecule has 1 unspecified atom stereocenters.